The minimum absolute atomic E-state index is 0. The van der Waals surface area contributed by atoms with Crippen molar-refractivity contribution in [2.45, 2.75) is 67.0 Å². The van der Waals surface area contributed by atoms with Crippen LogP contribution in [0, 0.1) is 6.92 Å². The molecule has 241 valence electrons. The number of halogens is 11. The molecule has 7 rings (SSSR count). The number of hydrogen-bond donors (Lipinski definition) is 0. The summed E-state index contributed by atoms with van der Waals surface area (Å²) in [6, 6.07) is 9.63. The maximum Gasteiger partial charge on any atom is -1.00 e. The molecule has 2 atom stereocenters. The Kier molecular flexibility index (Phi) is 10.1. The number of aryl methyl sites for hydroxylation is 1. The van der Waals surface area contributed by atoms with Gasteiger partial charge in [0.25, 0.3) is 0 Å². The zero-order valence-corrected chi connectivity index (χ0v) is 29.4. The Morgan fingerprint density at radius 3 is 1.76 bits per heavy atom. The van der Waals surface area contributed by atoms with Crippen LogP contribution in [0.4, 0.5) is 39.5 Å². The summed E-state index contributed by atoms with van der Waals surface area (Å²) in [6.45, 7) is 11.1. The fraction of sp³-hybridized carbons (Fsp3) is 0.355. The Morgan fingerprint density at radius 1 is 0.756 bits per heavy atom. The van der Waals surface area contributed by atoms with Crippen molar-refractivity contribution in [3.8, 4) is 11.1 Å². The number of hydrogen-bond acceptors (Lipinski definition) is 1. The molecule has 0 N–H and O–H groups in total. The van der Waals surface area contributed by atoms with Gasteiger partial charge in [0.05, 0.1) is 8.07 Å². The molecule has 1 nitrogen and oxygen atoms in total. The van der Waals surface area contributed by atoms with Crippen LogP contribution in [0.3, 0.4) is 0 Å². The molecule has 1 aromatic heterocycles. The average molecular weight is 776 g/mol. The van der Waals surface area contributed by atoms with Crippen LogP contribution in [0.25, 0.3) is 22.4 Å². The maximum atomic E-state index is 13.3. The molecule has 0 saturated heterocycles. The Hall–Kier alpha value is -1.75. The van der Waals surface area contributed by atoms with Gasteiger partial charge in [-0.3, -0.25) is 0 Å². The summed E-state index contributed by atoms with van der Waals surface area (Å²) in [6.07, 6.45) is -18.0. The molecule has 2 aromatic carbocycles. The molecule has 14 heteroatoms. The van der Waals surface area contributed by atoms with Crippen molar-refractivity contribution in [1.29, 1.82) is 0 Å². The number of benzene rings is 2. The summed E-state index contributed by atoms with van der Waals surface area (Å²) in [5.74, 6) is 2.35. The summed E-state index contributed by atoms with van der Waals surface area (Å²) in [7, 11) is -1.10. The smallest absolute Gasteiger partial charge is 1.00 e. The predicted octanol–water partition coefficient (Wildman–Crippen LogP) is 4.55. The third kappa shape index (κ3) is 5.53. The Labute approximate surface area is 283 Å². The van der Waals surface area contributed by atoms with Crippen LogP contribution < -0.4 is 24.8 Å². The van der Waals surface area contributed by atoms with Crippen LogP contribution in [-0.4, -0.2) is 26.6 Å². The number of furan rings is 1. The second kappa shape index (κ2) is 12.0. The van der Waals surface area contributed by atoms with E-state index in [1.807, 2.05) is 26.0 Å². The number of rotatable bonds is 2. The molecule has 3 heterocycles. The SMILES string of the molecule is CC1=C2c3cc(C)oc3C1[Si]2(C)C.CC1=Cc2c(-c3ccc(C(C(F)(F)F)(C(F)(F)F)C(F)(F)F)cc3)cccc2[CH]1[Zr+2].[Cl-].[Cl-]. The quantitative estimate of drug-likeness (QED) is 0.276. The van der Waals surface area contributed by atoms with Gasteiger partial charge in [0.1, 0.15) is 11.5 Å². The average Bonchev–Trinajstić information content (AvgIpc) is 3.50. The summed E-state index contributed by atoms with van der Waals surface area (Å²) < 4.78 is 126. The fourth-order valence-electron chi connectivity index (χ4n) is 6.96. The molecule has 0 spiro atoms. The van der Waals surface area contributed by atoms with Crippen molar-refractivity contribution in [1.82, 2.24) is 0 Å². The molecule has 2 unspecified atom stereocenters. The van der Waals surface area contributed by atoms with Gasteiger partial charge in [-0.15, -0.1) is 0 Å². The van der Waals surface area contributed by atoms with E-state index in [2.05, 4.69) is 26.1 Å². The first-order valence-electron chi connectivity index (χ1n) is 13.3. The van der Waals surface area contributed by atoms with Gasteiger partial charge in [-0.05, 0) is 25.1 Å². The normalized spacial score (nSPS) is 19.8. The third-order valence-electron chi connectivity index (χ3n) is 8.79. The van der Waals surface area contributed by atoms with E-state index in [0.29, 0.717) is 11.1 Å². The molecule has 4 aliphatic rings. The van der Waals surface area contributed by atoms with Gasteiger partial charge in [0.15, 0.2) is 0 Å². The van der Waals surface area contributed by atoms with E-state index in [0.717, 1.165) is 34.6 Å². The topological polar surface area (TPSA) is 13.1 Å². The van der Waals surface area contributed by atoms with Crippen LogP contribution in [0.1, 0.15) is 56.8 Å². The third-order valence-corrected chi connectivity index (χ3v) is 14.8. The van der Waals surface area contributed by atoms with E-state index < -0.39 is 37.6 Å². The van der Waals surface area contributed by atoms with Gasteiger partial charge in [-0.25, -0.2) is 0 Å². The standard InChI is InChI=1S/C20H12F9.C11H14OSi.2ClH.Zr/c1-11-9-13-3-2-4-15(16(13)10-11)12-5-7-14(8-6-12)17(18(21,22)23,19(24,25)26)20(27,28)29;1-6-5-8-9(12-6)11-7(2)10(8)13(11,3)4;;;/h2-10H,1H3;5,11H,1-4H3;2*1H;/q;;;;+2/p-2. The van der Waals surface area contributed by atoms with Gasteiger partial charge in [-0.1, -0.05) is 18.7 Å². The summed E-state index contributed by atoms with van der Waals surface area (Å²) >= 11 is 1.21. The van der Waals surface area contributed by atoms with Crippen molar-refractivity contribution in [3.05, 3.63) is 93.5 Å². The van der Waals surface area contributed by atoms with Gasteiger partial charge in [0, 0.05) is 11.1 Å². The van der Waals surface area contributed by atoms with E-state index in [9.17, 15) is 39.5 Å². The van der Waals surface area contributed by atoms with Crippen LogP contribution in [0.5, 0.6) is 0 Å². The van der Waals surface area contributed by atoms with E-state index in [4.69, 9.17) is 4.42 Å². The number of allylic oxidation sites excluding steroid dienone is 2. The van der Waals surface area contributed by atoms with Crippen LogP contribution in [0.15, 0.2) is 64.1 Å². The Bertz CT molecular complexity index is 1630. The van der Waals surface area contributed by atoms with E-state index in [1.54, 1.807) is 22.9 Å². The van der Waals surface area contributed by atoms with Gasteiger partial charge >= 0.3 is 181 Å². The molecule has 2 bridgehead atoms. The molecule has 2 aliphatic heterocycles. The Morgan fingerprint density at radius 2 is 1.29 bits per heavy atom. The van der Waals surface area contributed by atoms with Crippen LogP contribution in [0.2, 0.25) is 13.1 Å². The van der Waals surface area contributed by atoms with Crippen molar-refractivity contribution in [2.75, 3.05) is 0 Å². The van der Waals surface area contributed by atoms with E-state index in [1.165, 1.54) is 36.0 Å². The van der Waals surface area contributed by atoms with Gasteiger partial charge in [-0.2, -0.15) is 0 Å². The van der Waals surface area contributed by atoms with E-state index in [-0.39, 0.29) is 46.1 Å². The summed E-state index contributed by atoms with van der Waals surface area (Å²) in [5.41, 5.74) is -0.633. The number of alkyl halides is 9. The van der Waals surface area contributed by atoms with Gasteiger partial charge < -0.3 is 29.2 Å². The van der Waals surface area contributed by atoms with Crippen molar-refractivity contribution in [3.63, 3.8) is 0 Å². The number of fused-ring (bicyclic) bond motifs is 1. The summed E-state index contributed by atoms with van der Waals surface area (Å²) in [5, 5.41) is 1.67. The molecule has 0 radical (unpaired) electrons. The van der Waals surface area contributed by atoms with Crippen molar-refractivity contribution >= 4 is 19.3 Å². The zero-order chi connectivity index (χ0) is 32.1. The minimum Gasteiger partial charge on any atom is -1.00 e. The van der Waals surface area contributed by atoms with Crippen molar-refractivity contribution < 1.29 is 93.5 Å². The molecule has 0 saturated carbocycles. The molecule has 2 aliphatic carbocycles. The largest absolute Gasteiger partial charge is 1.00 e. The minimum atomic E-state index is -6.63. The first kappa shape index (κ1) is 37.7. The molecule has 0 fully saturated rings. The second-order valence-electron chi connectivity index (χ2n) is 11.8. The van der Waals surface area contributed by atoms with Crippen LogP contribution in [-0.2, 0) is 30.1 Å². The Balaban J connectivity index is 0.000000306. The monoisotopic (exact) mass is 773 g/mol. The predicted molar refractivity (Wildman–Crippen MR) is 144 cm³/mol. The molecule has 45 heavy (non-hydrogen) atoms. The maximum absolute atomic E-state index is 13.3. The van der Waals surface area contributed by atoms with Gasteiger partial charge in [0.2, 0.25) is 0 Å². The molecular weight excluding hydrogens is 750 g/mol. The molecule has 0 amide bonds. The second-order valence-corrected chi connectivity index (χ2v) is 17.7. The van der Waals surface area contributed by atoms with Crippen LogP contribution >= 0.6 is 0 Å². The van der Waals surface area contributed by atoms with Crippen molar-refractivity contribution in [2.24, 2.45) is 0 Å². The molecule has 3 aromatic rings. The molecular formula is C31H26Cl2F9OSiZr. The van der Waals surface area contributed by atoms with E-state index >= 15 is 0 Å². The zero-order valence-electron chi connectivity index (χ0n) is 24.4. The first-order chi connectivity index (χ1) is 19.7. The first-order valence-corrected chi connectivity index (χ1v) is 17.8. The fourth-order valence-corrected chi connectivity index (χ4v) is 12.0. The summed E-state index contributed by atoms with van der Waals surface area (Å²) in [4.78, 5) is 0.